The van der Waals surface area contributed by atoms with E-state index in [2.05, 4.69) is 45.9 Å². The van der Waals surface area contributed by atoms with Crippen molar-refractivity contribution in [1.29, 1.82) is 0 Å². The van der Waals surface area contributed by atoms with E-state index in [0.717, 1.165) is 18.8 Å². The van der Waals surface area contributed by atoms with Crippen LogP contribution < -0.4 is 11.1 Å². The van der Waals surface area contributed by atoms with E-state index in [1.165, 1.54) is 0 Å². The number of para-hydroxylation sites is 1. The summed E-state index contributed by atoms with van der Waals surface area (Å²) in [5.74, 6) is 1.35. The summed E-state index contributed by atoms with van der Waals surface area (Å²) in [6.07, 6.45) is 0.384. The molecule has 1 aliphatic rings. The van der Waals surface area contributed by atoms with E-state index in [9.17, 15) is 0 Å². The van der Waals surface area contributed by atoms with Gasteiger partial charge >= 0.3 is 0 Å². The van der Waals surface area contributed by atoms with Gasteiger partial charge in [-0.05, 0) is 32.9 Å². The van der Waals surface area contributed by atoms with Gasteiger partial charge in [0.05, 0.1) is 18.2 Å². The number of ether oxygens (including phenoxy) is 1. The van der Waals surface area contributed by atoms with Gasteiger partial charge in [-0.2, -0.15) is 15.0 Å². The van der Waals surface area contributed by atoms with Crippen LogP contribution in [-0.2, 0) is 4.74 Å². The topological polar surface area (TPSA) is 89.2 Å². The van der Waals surface area contributed by atoms with Crippen LogP contribution in [0, 0.1) is 0 Å². The van der Waals surface area contributed by atoms with Crippen LogP contribution in [0.25, 0.3) is 0 Å². The molecule has 0 unspecified atom stereocenters. The fraction of sp³-hybridized carbons (Fsp3) is 0.471. The van der Waals surface area contributed by atoms with Gasteiger partial charge < -0.3 is 15.8 Å². The maximum Gasteiger partial charge on any atom is 0.232 e. The summed E-state index contributed by atoms with van der Waals surface area (Å²) in [7, 11) is 0. The lowest BCUT2D eigenvalue weighted by molar-refractivity contribution is -0.0797. The van der Waals surface area contributed by atoms with Gasteiger partial charge in [0.25, 0.3) is 0 Å². The maximum absolute atomic E-state index is 5.89. The van der Waals surface area contributed by atoms with E-state index in [-0.39, 0.29) is 24.2 Å². The zero-order valence-electron chi connectivity index (χ0n) is 14.3. The Labute approximate surface area is 142 Å². The van der Waals surface area contributed by atoms with Gasteiger partial charge in [-0.15, -0.1) is 0 Å². The molecular formula is C17H24N6O. The van der Waals surface area contributed by atoms with E-state index < -0.39 is 0 Å². The van der Waals surface area contributed by atoms with E-state index in [0.29, 0.717) is 11.8 Å². The Morgan fingerprint density at radius 1 is 1.12 bits per heavy atom. The van der Waals surface area contributed by atoms with Crippen molar-refractivity contribution >= 4 is 17.6 Å². The van der Waals surface area contributed by atoms with Crippen molar-refractivity contribution < 1.29 is 4.74 Å². The second-order valence-electron chi connectivity index (χ2n) is 6.25. The van der Waals surface area contributed by atoms with Crippen molar-refractivity contribution in [2.75, 3.05) is 24.1 Å². The lowest BCUT2D eigenvalue weighted by atomic mass is 10.1. The Morgan fingerprint density at radius 3 is 2.46 bits per heavy atom. The van der Waals surface area contributed by atoms with Gasteiger partial charge in [0.2, 0.25) is 11.9 Å². The largest absolute Gasteiger partial charge is 0.373 e. The van der Waals surface area contributed by atoms with Gasteiger partial charge in [-0.1, -0.05) is 18.2 Å². The van der Waals surface area contributed by atoms with Crippen LogP contribution in [0.15, 0.2) is 30.3 Å². The number of nitrogens with two attached hydrogens (primary N) is 1. The van der Waals surface area contributed by atoms with Crippen molar-refractivity contribution in [1.82, 2.24) is 19.9 Å². The number of anilines is 3. The lowest BCUT2D eigenvalue weighted by Crippen LogP contribution is -2.46. The van der Waals surface area contributed by atoms with Crippen molar-refractivity contribution in [2.24, 2.45) is 0 Å². The van der Waals surface area contributed by atoms with Crippen LogP contribution in [0.2, 0.25) is 0 Å². The molecule has 0 spiro atoms. The van der Waals surface area contributed by atoms with Gasteiger partial charge in [0, 0.05) is 18.8 Å². The van der Waals surface area contributed by atoms with Gasteiger partial charge in [-0.25, -0.2) is 0 Å². The fourth-order valence-electron chi connectivity index (χ4n) is 3.00. The quantitative estimate of drug-likeness (QED) is 0.890. The van der Waals surface area contributed by atoms with E-state index in [1.54, 1.807) is 0 Å². The average molecular weight is 328 g/mol. The first-order chi connectivity index (χ1) is 11.5. The van der Waals surface area contributed by atoms with E-state index in [1.807, 2.05) is 30.3 Å². The Morgan fingerprint density at radius 2 is 1.79 bits per heavy atom. The molecule has 1 fully saturated rings. The summed E-state index contributed by atoms with van der Waals surface area (Å²) >= 11 is 0. The molecule has 24 heavy (non-hydrogen) atoms. The summed E-state index contributed by atoms with van der Waals surface area (Å²) in [4.78, 5) is 15.4. The molecule has 0 amide bonds. The van der Waals surface area contributed by atoms with E-state index in [4.69, 9.17) is 10.5 Å². The molecule has 0 saturated carbocycles. The smallest absolute Gasteiger partial charge is 0.232 e. The Bertz CT molecular complexity index is 670. The third-order valence-electron chi connectivity index (χ3n) is 4.07. The molecule has 7 nitrogen and oxygen atoms in total. The summed E-state index contributed by atoms with van der Waals surface area (Å²) in [6.45, 7) is 7.95. The van der Waals surface area contributed by atoms with Gasteiger partial charge in [0.1, 0.15) is 0 Å². The molecule has 1 aromatic carbocycles. The molecule has 0 aliphatic carbocycles. The predicted octanol–water partition coefficient (Wildman–Crippen LogP) is 2.37. The minimum absolute atomic E-state index is 0.0421. The Balaban J connectivity index is 1.80. The summed E-state index contributed by atoms with van der Waals surface area (Å²) < 4.78 is 5.80. The number of morpholine rings is 1. The fourth-order valence-corrected chi connectivity index (χ4v) is 3.00. The molecule has 3 N–H and O–H groups in total. The van der Waals surface area contributed by atoms with Crippen LogP contribution in [-0.4, -0.2) is 45.1 Å². The zero-order chi connectivity index (χ0) is 17.1. The normalized spacial score (nSPS) is 23.0. The predicted molar refractivity (Wildman–Crippen MR) is 94.0 cm³/mol. The second-order valence-corrected chi connectivity index (χ2v) is 6.25. The number of benzene rings is 1. The number of aromatic nitrogens is 3. The third kappa shape index (κ3) is 3.98. The molecular weight excluding hydrogens is 304 g/mol. The highest BCUT2D eigenvalue weighted by Gasteiger charge is 2.28. The Kier molecular flexibility index (Phi) is 4.92. The summed E-state index contributed by atoms with van der Waals surface area (Å²) in [6, 6.07) is 9.81. The molecule has 7 heteroatoms. The van der Waals surface area contributed by atoms with Crippen LogP contribution in [0.4, 0.5) is 17.6 Å². The number of nitrogen functional groups attached to an aromatic ring is 1. The van der Waals surface area contributed by atoms with Crippen molar-refractivity contribution in [3.05, 3.63) is 36.2 Å². The van der Waals surface area contributed by atoms with Gasteiger partial charge in [0.15, 0.2) is 5.82 Å². The highest BCUT2D eigenvalue weighted by atomic mass is 16.5. The number of hydrogen-bond acceptors (Lipinski definition) is 7. The van der Waals surface area contributed by atoms with Crippen molar-refractivity contribution in [3.8, 4) is 0 Å². The van der Waals surface area contributed by atoms with Crippen LogP contribution in [0.1, 0.15) is 32.6 Å². The molecule has 128 valence electrons. The first-order valence-corrected chi connectivity index (χ1v) is 8.24. The average Bonchev–Trinajstić information content (AvgIpc) is 2.53. The molecule has 0 radical (unpaired) electrons. The van der Waals surface area contributed by atoms with Crippen LogP contribution in [0.3, 0.4) is 0 Å². The van der Waals surface area contributed by atoms with Crippen molar-refractivity contribution in [3.63, 3.8) is 0 Å². The first-order valence-electron chi connectivity index (χ1n) is 8.24. The maximum atomic E-state index is 5.89. The third-order valence-corrected chi connectivity index (χ3v) is 4.07. The summed E-state index contributed by atoms with van der Waals surface area (Å²) in [5, 5.41) is 3.18. The number of hydrogen-bond donors (Lipinski definition) is 2. The monoisotopic (exact) mass is 328 g/mol. The molecule has 3 rings (SSSR count). The molecule has 3 atom stereocenters. The molecule has 2 heterocycles. The zero-order valence-corrected chi connectivity index (χ0v) is 14.3. The number of nitrogens with zero attached hydrogens (tertiary/aromatic N) is 4. The summed E-state index contributed by atoms with van der Waals surface area (Å²) in [5.41, 5.74) is 6.80. The molecule has 1 aromatic heterocycles. The minimum Gasteiger partial charge on any atom is -0.373 e. The highest BCUT2D eigenvalue weighted by molar-refractivity contribution is 5.53. The SMILES string of the molecule is C[C@H]1CN([C@@H](C)c2nc(N)nc(Nc3ccccc3)n2)C[C@H](C)O1. The van der Waals surface area contributed by atoms with Crippen LogP contribution in [0.5, 0.6) is 0 Å². The number of nitrogens with one attached hydrogen (secondary N) is 1. The van der Waals surface area contributed by atoms with Crippen LogP contribution >= 0.6 is 0 Å². The standard InChI is InChI=1S/C17H24N6O/c1-11-9-23(10-12(2)24-11)13(3)15-20-16(18)22-17(21-15)19-14-7-5-4-6-8-14/h4-8,11-13H,9-10H2,1-3H3,(H3,18,19,20,21,22)/t11-,12-,13-/m0/s1. The number of rotatable bonds is 4. The molecule has 1 saturated heterocycles. The lowest BCUT2D eigenvalue weighted by Gasteiger charge is -2.38. The molecule has 1 aliphatic heterocycles. The van der Waals surface area contributed by atoms with Gasteiger partial charge in [-0.3, -0.25) is 4.90 Å². The first kappa shape index (κ1) is 16.6. The van der Waals surface area contributed by atoms with E-state index >= 15 is 0 Å². The second kappa shape index (κ2) is 7.11. The Hall–Kier alpha value is -2.25. The highest BCUT2D eigenvalue weighted by Crippen LogP contribution is 2.23. The minimum atomic E-state index is 0.0421. The molecule has 0 bridgehead atoms. The van der Waals surface area contributed by atoms with Crippen molar-refractivity contribution in [2.45, 2.75) is 39.0 Å². The molecule has 2 aromatic rings.